The van der Waals surface area contributed by atoms with Crippen LogP contribution in [0.25, 0.3) is 5.69 Å². The average Bonchev–Trinajstić information content (AvgIpc) is 3.14. The zero-order chi connectivity index (χ0) is 19.1. The first kappa shape index (κ1) is 18.4. The molecule has 0 aliphatic rings. The predicted molar refractivity (Wildman–Crippen MR) is 101 cm³/mol. The maximum atomic E-state index is 11.2. The second-order valence-electron chi connectivity index (χ2n) is 5.44. The third-order valence-corrected chi connectivity index (χ3v) is 4.30. The van der Waals surface area contributed by atoms with Gasteiger partial charge in [-0.2, -0.15) is 9.94 Å². The SMILES string of the molecule is CC(=O)Nc1cccc(-n2nnnc2SCCOc2ccc(C#N)cc2)c1. The van der Waals surface area contributed by atoms with Gasteiger partial charge in [0.25, 0.3) is 0 Å². The molecule has 0 fully saturated rings. The minimum absolute atomic E-state index is 0.140. The van der Waals surface area contributed by atoms with Crippen LogP contribution in [-0.2, 0) is 4.79 Å². The van der Waals surface area contributed by atoms with E-state index in [2.05, 4.69) is 26.9 Å². The van der Waals surface area contributed by atoms with E-state index >= 15 is 0 Å². The minimum atomic E-state index is -0.140. The second-order valence-corrected chi connectivity index (χ2v) is 6.50. The first-order valence-corrected chi connectivity index (χ1v) is 9.06. The van der Waals surface area contributed by atoms with Gasteiger partial charge in [0.15, 0.2) is 0 Å². The molecule has 0 bridgehead atoms. The Balaban J connectivity index is 1.58. The van der Waals surface area contributed by atoms with E-state index in [1.54, 1.807) is 41.1 Å². The number of nitrogens with one attached hydrogen (secondary N) is 1. The topological polar surface area (TPSA) is 106 Å². The van der Waals surface area contributed by atoms with Gasteiger partial charge in [-0.3, -0.25) is 4.79 Å². The van der Waals surface area contributed by atoms with Crippen LogP contribution in [0, 0.1) is 11.3 Å². The molecule has 3 aromatic rings. The molecule has 1 N–H and O–H groups in total. The smallest absolute Gasteiger partial charge is 0.221 e. The maximum Gasteiger partial charge on any atom is 0.221 e. The standard InChI is InChI=1S/C18H16N6O2S/c1-13(25)20-15-3-2-4-16(11-15)24-18(21-22-23-24)27-10-9-26-17-7-5-14(12-19)6-8-17/h2-8,11H,9-10H2,1H3,(H,20,25). The summed E-state index contributed by atoms with van der Waals surface area (Å²) in [5.74, 6) is 1.21. The van der Waals surface area contributed by atoms with Crippen molar-refractivity contribution >= 4 is 23.4 Å². The van der Waals surface area contributed by atoms with Crippen molar-refractivity contribution in [1.29, 1.82) is 5.26 Å². The van der Waals surface area contributed by atoms with E-state index in [-0.39, 0.29) is 5.91 Å². The average molecular weight is 380 g/mol. The van der Waals surface area contributed by atoms with E-state index in [1.807, 2.05) is 12.1 Å². The number of benzene rings is 2. The third kappa shape index (κ3) is 5.05. The number of thioether (sulfide) groups is 1. The van der Waals surface area contributed by atoms with E-state index in [9.17, 15) is 4.79 Å². The number of hydrogen-bond acceptors (Lipinski definition) is 7. The van der Waals surface area contributed by atoms with E-state index in [0.29, 0.717) is 34.5 Å². The Morgan fingerprint density at radius 1 is 1.30 bits per heavy atom. The summed E-state index contributed by atoms with van der Waals surface area (Å²) in [7, 11) is 0. The number of tetrazole rings is 1. The molecule has 8 nitrogen and oxygen atoms in total. The highest BCUT2D eigenvalue weighted by Crippen LogP contribution is 2.21. The molecular formula is C18H16N6O2S. The number of hydrogen-bond donors (Lipinski definition) is 1. The van der Waals surface area contributed by atoms with Crippen LogP contribution in [0.3, 0.4) is 0 Å². The lowest BCUT2D eigenvalue weighted by Crippen LogP contribution is -2.07. The number of anilines is 1. The van der Waals surface area contributed by atoms with Gasteiger partial charge in [-0.15, -0.1) is 5.10 Å². The zero-order valence-corrected chi connectivity index (χ0v) is 15.3. The number of carbonyl (C=O) groups is 1. The first-order valence-electron chi connectivity index (χ1n) is 8.08. The molecule has 1 amide bonds. The molecule has 0 saturated heterocycles. The van der Waals surface area contributed by atoms with Gasteiger partial charge in [0.05, 0.1) is 23.9 Å². The number of nitrogens with zero attached hydrogens (tertiary/aromatic N) is 5. The van der Waals surface area contributed by atoms with Gasteiger partial charge in [0.1, 0.15) is 5.75 Å². The summed E-state index contributed by atoms with van der Waals surface area (Å²) in [6.45, 7) is 1.92. The highest BCUT2D eigenvalue weighted by atomic mass is 32.2. The van der Waals surface area contributed by atoms with Gasteiger partial charge in [0.2, 0.25) is 11.1 Å². The molecule has 0 unspecified atom stereocenters. The van der Waals surface area contributed by atoms with E-state index in [4.69, 9.17) is 10.00 Å². The zero-order valence-electron chi connectivity index (χ0n) is 14.5. The van der Waals surface area contributed by atoms with Crippen molar-refractivity contribution in [2.75, 3.05) is 17.7 Å². The summed E-state index contributed by atoms with van der Waals surface area (Å²) in [5, 5.41) is 23.9. The van der Waals surface area contributed by atoms with Crippen molar-refractivity contribution in [1.82, 2.24) is 20.2 Å². The lowest BCUT2D eigenvalue weighted by atomic mass is 10.2. The molecule has 1 aromatic heterocycles. The number of amides is 1. The van der Waals surface area contributed by atoms with Gasteiger partial charge in [-0.05, 0) is 52.9 Å². The lowest BCUT2D eigenvalue weighted by molar-refractivity contribution is -0.114. The summed E-state index contributed by atoms with van der Waals surface area (Å²) < 4.78 is 7.27. The van der Waals surface area contributed by atoms with Crippen molar-refractivity contribution in [3.63, 3.8) is 0 Å². The number of aromatic nitrogens is 4. The van der Waals surface area contributed by atoms with Gasteiger partial charge < -0.3 is 10.1 Å². The molecule has 3 rings (SSSR count). The monoisotopic (exact) mass is 380 g/mol. The van der Waals surface area contributed by atoms with Crippen LogP contribution in [0.1, 0.15) is 12.5 Å². The van der Waals surface area contributed by atoms with Crippen LogP contribution >= 0.6 is 11.8 Å². The molecule has 2 aromatic carbocycles. The largest absolute Gasteiger partial charge is 0.493 e. The van der Waals surface area contributed by atoms with Gasteiger partial charge in [-0.25, -0.2) is 0 Å². The highest BCUT2D eigenvalue weighted by molar-refractivity contribution is 7.99. The molecule has 0 atom stereocenters. The molecule has 0 aliphatic carbocycles. The van der Waals surface area contributed by atoms with Crippen LogP contribution in [0.2, 0.25) is 0 Å². The molecular weight excluding hydrogens is 364 g/mol. The quantitative estimate of drug-likeness (QED) is 0.496. The Morgan fingerprint density at radius 2 is 2.11 bits per heavy atom. The number of rotatable bonds is 7. The van der Waals surface area contributed by atoms with Crippen LogP contribution < -0.4 is 10.1 Å². The van der Waals surface area contributed by atoms with Crippen LogP contribution in [0.4, 0.5) is 5.69 Å². The molecule has 0 saturated carbocycles. The van der Waals surface area contributed by atoms with Crippen molar-refractivity contribution in [3.8, 4) is 17.5 Å². The fourth-order valence-corrected chi connectivity index (χ4v) is 2.98. The number of ether oxygens (including phenoxy) is 1. The van der Waals surface area contributed by atoms with Crippen LogP contribution in [0.5, 0.6) is 5.75 Å². The number of nitriles is 1. The first-order chi connectivity index (χ1) is 13.2. The lowest BCUT2D eigenvalue weighted by Gasteiger charge is -2.08. The summed E-state index contributed by atoms with van der Waals surface area (Å²) in [4.78, 5) is 11.2. The Labute approximate surface area is 160 Å². The van der Waals surface area contributed by atoms with Crippen LogP contribution in [-0.4, -0.2) is 38.5 Å². The second kappa shape index (κ2) is 8.82. The third-order valence-electron chi connectivity index (χ3n) is 3.42. The molecule has 136 valence electrons. The molecule has 27 heavy (non-hydrogen) atoms. The van der Waals surface area contributed by atoms with Crippen LogP contribution in [0.15, 0.2) is 53.7 Å². The maximum absolute atomic E-state index is 11.2. The fourth-order valence-electron chi connectivity index (χ4n) is 2.27. The summed E-state index contributed by atoms with van der Waals surface area (Å²) in [5.41, 5.74) is 2.02. The fraction of sp³-hybridized carbons (Fsp3) is 0.167. The van der Waals surface area contributed by atoms with Gasteiger partial charge >= 0.3 is 0 Å². The minimum Gasteiger partial charge on any atom is -0.493 e. The van der Waals surface area contributed by atoms with Gasteiger partial charge in [0, 0.05) is 18.4 Å². The van der Waals surface area contributed by atoms with E-state index in [0.717, 1.165) is 5.69 Å². The summed E-state index contributed by atoms with van der Waals surface area (Å²) in [6, 6.07) is 16.3. The normalized spacial score (nSPS) is 10.2. The predicted octanol–water partition coefficient (Wildman–Crippen LogP) is 2.66. The Kier molecular flexibility index (Phi) is 6.02. The molecule has 0 spiro atoms. The highest BCUT2D eigenvalue weighted by Gasteiger charge is 2.10. The molecule has 0 aliphatic heterocycles. The summed E-state index contributed by atoms with van der Waals surface area (Å²) in [6.07, 6.45) is 0. The van der Waals surface area contributed by atoms with Crippen molar-refractivity contribution in [3.05, 3.63) is 54.1 Å². The summed E-state index contributed by atoms with van der Waals surface area (Å²) >= 11 is 1.46. The Morgan fingerprint density at radius 3 is 2.85 bits per heavy atom. The molecule has 1 heterocycles. The van der Waals surface area contributed by atoms with Crippen molar-refractivity contribution in [2.45, 2.75) is 12.1 Å². The molecule has 9 heteroatoms. The Bertz CT molecular complexity index is 964. The van der Waals surface area contributed by atoms with E-state index in [1.165, 1.54) is 18.7 Å². The Hall–Kier alpha value is -3.38. The van der Waals surface area contributed by atoms with Crippen molar-refractivity contribution < 1.29 is 9.53 Å². The number of carbonyl (C=O) groups excluding carboxylic acids is 1. The van der Waals surface area contributed by atoms with Gasteiger partial charge in [-0.1, -0.05) is 17.8 Å². The van der Waals surface area contributed by atoms with E-state index < -0.39 is 0 Å². The van der Waals surface area contributed by atoms with Crippen molar-refractivity contribution in [2.24, 2.45) is 0 Å². The molecule has 0 radical (unpaired) electrons.